The van der Waals surface area contributed by atoms with Crippen molar-refractivity contribution in [3.05, 3.63) is 0 Å². The summed E-state index contributed by atoms with van der Waals surface area (Å²) in [5, 5.41) is 3.12. The fraction of sp³-hybridized carbons (Fsp3) is 0.933. The highest BCUT2D eigenvalue weighted by Crippen LogP contribution is 2.37. The number of rotatable bonds is 6. The average Bonchev–Trinajstić information content (AvgIpc) is 3.05. The van der Waals surface area contributed by atoms with E-state index in [4.69, 9.17) is 5.73 Å². The lowest BCUT2D eigenvalue weighted by atomic mass is 9.85. The maximum atomic E-state index is 12.2. The van der Waals surface area contributed by atoms with Gasteiger partial charge >= 0.3 is 0 Å². The number of amides is 1. The van der Waals surface area contributed by atoms with Gasteiger partial charge in [-0.2, -0.15) is 0 Å². The van der Waals surface area contributed by atoms with Gasteiger partial charge in [0.25, 0.3) is 0 Å². The van der Waals surface area contributed by atoms with Gasteiger partial charge in [0.05, 0.1) is 5.41 Å². The minimum absolute atomic E-state index is 0.217. The molecule has 0 bridgehead atoms. The predicted octanol–water partition coefficient (Wildman–Crippen LogP) is 2.59. The van der Waals surface area contributed by atoms with Crippen LogP contribution in [0.15, 0.2) is 0 Å². The molecule has 2 saturated carbocycles. The Kier molecular flexibility index (Phi) is 5.04. The maximum Gasteiger partial charge on any atom is 0.227 e. The Morgan fingerprint density at radius 1 is 1.17 bits per heavy atom. The van der Waals surface area contributed by atoms with Crippen LogP contribution in [0.5, 0.6) is 0 Å². The zero-order valence-corrected chi connectivity index (χ0v) is 11.5. The number of nitrogens with one attached hydrogen (secondary N) is 1. The summed E-state index contributed by atoms with van der Waals surface area (Å²) >= 11 is 0. The smallest absolute Gasteiger partial charge is 0.227 e. The molecule has 0 atom stereocenters. The molecule has 0 heterocycles. The predicted molar refractivity (Wildman–Crippen MR) is 74.2 cm³/mol. The van der Waals surface area contributed by atoms with Gasteiger partial charge in [0.15, 0.2) is 0 Å². The van der Waals surface area contributed by atoms with Crippen molar-refractivity contribution in [1.82, 2.24) is 5.32 Å². The third kappa shape index (κ3) is 3.25. The van der Waals surface area contributed by atoms with Crippen LogP contribution in [0, 0.1) is 11.3 Å². The van der Waals surface area contributed by atoms with Crippen LogP contribution in [-0.4, -0.2) is 19.0 Å². The molecule has 3 heteroatoms. The Hall–Kier alpha value is -0.570. The molecule has 0 radical (unpaired) electrons. The number of hydrogen-bond donors (Lipinski definition) is 2. The molecule has 0 aliphatic heterocycles. The van der Waals surface area contributed by atoms with E-state index < -0.39 is 0 Å². The van der Waals surface area contributed by atoms with Gasteiger partial charge in [0.2, 0.25) is 5.91 Å². The highest BCUT2D eigenvalue weighted by atomic mass is 16.2. The summed E-state index contributed by atoms with van der Waals surface area (Å²) < 4.78 is 0. The molecule has 0 spiro atoms. The highest BCUT2D eigenvalue weighted by molar-refractivity contribution is 5.83. The molecule has 0 aromatic rings. The molecule has 2 aliphatic carbocycles. The van der Waals surface area contributed by atoms with Crippen molar-refractivity contribution in [2.75, 3.05) is 13.1 Å². The van der Waals surface area contributed by atoms with Gasteiger partial charge in [-0.05, 0) is 31.6 Å². The van der Waals surface area contributed by atoms with Crippen molar-refractivity contribution in [3.63, 3.8) is 0 Å². The summed E-state index contributed by atoms with van der Waals surface area (Å²) in [5.41, 5.74) is 5.58. The van der Waals surface area contributed by atoms with E-state index in [-0.39, 0.29) is 11.3 Å². The van der Waals surface area contributed by atoms with Gasteiger partial charge in [-0.3, -0.25) is 4.79 Å². The van der Waals surface area contributed by atoms with E-state index in [2.05, 4.69) is 5.32 Å². The van der Waals surface area contributed by atoms with Gasteiger partial charge < -0.3 is 11.1 Å². The molecule has 0 saturated heterocycles. The standard InChI is InChI=1S/C15H28N2O/c16-12-15(9-3-4-10-15)14(18)17-11-5-8-13-6-1-2-7-13/h13H,1-12,16H2,(H,17,18). The molecule has 2 fully saturated rings. The molecule has 0 unspecified atom stereocenters. The van der Waals surface area contributed by atoms with Crippen molar-refractivity contribution in [3.8, 4) is 0 Å². The Balaban J connectivity index is 1.64. The number of hydrogen-bond acceptors (Lipinski definition) is 2. The second-order valence-corrected chi connectivity index (χ2v) is 6.24. The zero-order chi connectivity index (χ0) is 12.8. The fourth-order valence-electron chi connectivity index (χ4n) is 3.65. The van der Waals surface area contributed by atoms with E-state index in [9.17, 15) is 4.79 Å². The van der Waals surface area contributed by atoms with Crippen molar-refractivity contribution < 1.29 is 4.79 Å². The molecule has 0 aromatic carbocycles. The topological polar surface area (TPSA) is 55.1 Å². The number of nitrogens with two attached hydrogens (primary N) is 1. The minimum Gasteiger partial charge on any atom is -0.356 e. The van der Waals surface area contributed by atoms with E-state index in [0.717, 1.165) is 44.6 Å². The summed E-state index contributed by atoms with van der Waals surface area (Å²) in [5.74, 6) is 1.14. The minimum atomic E-state index is -0.229. The van der Waals surface area contributed by atoms with Crippen LogP contribution in [-0.2, 0) is 4.79 Å². The monoisotopic (exact) mass is 252 g/mol. The Labute approximate surface area is 111 Å². The van der Waals surface area contributed by atoms with Crippen LogP contribution < -0.4 is 11.1 Å². The van der Waals surface area contributed by atoms with Gasteiger partial charge in [0, 0.05) is 13.1 Å². The number of carbonyl (C=O) groups is 1. The first-order chi connectivity index (χ1) is 8.77. The van der Waals surface area contributed by atoms with Crippen LogP contribution >= 0.6 is 0 Å². The lowest BCUT2D eigenvalue weighted by Crippen LogP contribution is -2.44. The largest absolute Gasteiger partial charge is 0.356 e. The van der Waals surface area contributed by atoms with Crippen molar-refractivity contribution in [2.45, 2.75) is 64.2 Å². The van der Waals surface area contributed by atoms with Crippen LogP contribution in [0.1, 0.15) is 64.2 Å². The first kappa shape index (κ1) is 13.9. The van der Waals surface area contributed by atoms with E-state index in [0.29, 0.717) is 6.54 Å². The quantitative estimate of drug-likeness (QED) is 0.714. The molecule has 2 rings (SSSR count). The summed E-state index contributed by atoms with van der Waals surface area (Å²) in [7, 11) is 0. The maximum absolute atomic E-state index is 12.2. The lowest BCUT2D eigenvalue weighted by molar-refractivity contribution is -0.130. The molecule has 0 aromatic heterocycles. The second kappa shape index (κ2) is 6.55. The Morgan fingerprint density at radius 3 is 2.44 bits per heavy atom. The Morgan fingerprint density at radius 2 is 1.83 bits per heavy atom. The van der Waals surface area contributed by atoms with Gasteiger partial charge in [-0.1, -0.05) is 38.5 Å². The van der Waals surface area contributed by atoms with Crippen molar-refractivity contribution in [1.29, 1.82) is 0 Å². The summed E-state index contributed by atoms with van der Waals surface area (Å²) in [6.07, 6.45) is 12.3. The molecule has 2 aliphatic rings. The van der Waals surface area contributed by atoms with Gasteiger partial charge in [-0.25, -0.2) is 0 Å². The normalized spacial score (nSPS) is 23.4. The molecule has 18 heavy (non-hydrogen) atoms. The van der Waals surface area contributed by atoms with Crippen LogP contribution in [0.25, 0.3) is 0 Å². The lowest BCUT2D eigenvalue weighted by Gasteiger charge is -2.25. The first-order valence-corrected chi connectivity index (χ1v) is 7.75. The first-order valence-electron chi connectivity index (χ1n) is 7.75. The molecule has 3 nitrogen and oxygen atoms in total. The fourth-order valence-corrected chi connectivity index (χ4v) is 3.65. The molecule has 1 amide bonds. The molecule has 3 N–H and O–H groups in total. The summed E-state index contributed by atoms with van der Waals surface area (Å²) in [4.78, 5) is 12.2. The van der Waals surface area contributed by atoms with Crippen molar-refractivity contribution in [2.24, 2.45) is 17.1 Å². The second-order valence-electron chi connectivity index (χ2n) is 6.24. The van der Waals surface area contributed by atoms with Crippen LogP contribution in [0.2, 0.25) is 0 Å². The van der Waals surface area contributed by atoms with E-state index in [1.165, 1.54) is 32.1 Å². The summed E-state index contributed by atoms with van der Waals surface area (Å²) in [6, 6.07) is 0. The number of carbonyl (C=O) groups excluding carboxylic acids is 1. The van der Waals surface area contributed by atoms with E-state index in [1.54, 1.807) is 0 Å². The van der Waals surface area contributed by atoms with Gasteiger partial charge in [0.1, 0.15) is 0 Å². The molecular weight excluding hydrogens is 224 g/mol. The van der Waals surface area contributed by atoms with Gasteiger partial charge in [-0.15, -0.1) is 0 Å². The average molecular weight is 252 g/mol. The summed E-state index contributed by atoms with van der Waals surface area (Å²) in [6.45, 7) is 1.36. The van der Waals surface area contributed by atoms with Crippen molar-refractivity contribution >= 4 is 5.91 Å². The van der Waals surface area contributed by atoms with Crippen LogP contribution in [0.4, 0.5) is 0 Å². The third-order valence-electron chi connectivity index (χ3n) is 4.98. The highest BCUT2D eigenvalue weighted by Gasteiger charge is 2.39. The SMILES string of the molecule is NCC1(C(=O)NCCCC2CCCC2)CCCC1. The molecular formula is C15H28N2O. The third-order valence-corrected chi connectivity index (χ3v) is 4.98. The van der Waals surface area contributed by atoms with E-state index in [1.807, 2.05) is 0 Å². The Bertz CT molecular complexity index is 266. The molecule has 104 valence electrons. The zero-order valence-electron chi connectivity index (χ0n) is 11.5. The van der Waals surface area contributed by atoms with E-state index >= 15 is 0 Å². The van der Waals surface area contributed by atoms with Crippen LogP contribution in [0.3, 0.4) is 0 Å².